The van der Waals surface area contributed by atoms with Crippen molar-refractivity contribution in [3.8, 4) is 0 Å². The third-order valence-electron chi connectivity index (χ3n) is 5.22. The zero-order chi connectivity index (χ0) is 23.3. The molecule has 8 heteroatoms. The quantitative estimate of drug-likeness (QED) is 0.296. The van der Waals surface area contributed by atoms with Crippen LogP contribution in [0.4, 0.5) is 0 Å². The van der Waals surface area contributed by atoms with E-state index in [1.165, 1.54) is 0 Å². The summed E-state index contributed by atoms with van der Waals surface area (Å²) in [5.74, 6) is 0.0870. The van der Waals surface area contributed by atoms with Crippen LogP contribution in [-0.2, 0) is 38.8 Å². The maximum absolute atomic E-state index is 12.7. The molecule has 3 heterocycles. The minimum Gasteiger partial charge on any atom is -0.481 e. The van der Waals surface area contributed by atoms with Gasteiger partial charge in [-0.05, 0) is 33.1 Å². The first-order chi connectivity index (χ1) is 16.7. The monoisotopic (exact) mass is 517 g/mol. The fraction of sp³-hybridized carbons (Fsp3) is 0.115. The van der Waals surface area contributed by atoms with Gasteiger partial charge in [-0.25, -0.2) is 9.78 Å². The second kappa shape index (κ2) is 9.93. The van der Waals surface area contributed by atoms with Gasteiger partial charge in [0.25, 0.3) is 5.76 Å². The number of ether oxygens (including phenoxy) is 3. The largest absolute Gasteiger partial charge is 0.481 e. The number of fused-ring (bicyclic) bond motifs is 1. The lowest BCUT2D eigenvalue weighted by Gasteiger charge is -2.10. The van der Waals surface area contributed by atoms with E-state index < -0.39 is 5.97 Å². The van der Waals surface area contributed by atoms with Crippen molar-refractivity contribution >= 4 is 32.9 Å². The Labute approximate surface area is 204 Å². The molecule has 4 aromatic rings. The SMILES string of the molecule is O=C1O/C(=C\Cn2cnc3cncc(Br)c32)C(OCc2ccccc2)=C1OCc1ccccc1. The summed E-state index contributed by atoms with van der Waals surface area (Å²) < 4.78 is 20.2. The lowest BCUT2D eigenvalue weighted by atomic mass is 10.2. The average molecular weight is 518 g/mol. The summed E-state index contributed by atoms with van der Waals surface area (Å²) in [7, 11) is 0. The number of imidazole rings is 1. The number of aromatic nitrogens is 3. The summed E-state index contributed by atoms with van der Waals surface area (Å²) in [4.78, 5) is 21.2. The van der Waals surface area contributed by atoms with E-state index in [2.05, 4.69) is 25.9 Å². The van der Waals surface area contributed by atoms with Gasteiger partial charge in [0, 0.05) is 12.7 Å². The maximum atomic E-state index is 12.7. The van der Waals surface area contributed by atoms with Crippen LogP contribution >= 0.6 is 15.9 Å². The van der Waals surface area contributed by atoms with Crippen LogP contribution in [0.2, 0.25) is 0 Å². The molecular weight excluding hydrogens is 498 g/mol. The maximum Gasteiger partial charge on any atom is 0.383 e. The standard InChI is InChI=1S/C26H20BrN3O4/c27-20-13-28-14-21-23(20)30(17-29-21)12-11-22-24(32-15-18-7-3-1-4-8-18)25(26(31)34-22)33-16-19-9-5-2-6-10-19/h1-11,13-14,17H,12,15-16H2/b22-11-. The zero-order valence-electron chi connectivity index (χ0n) is 18.1. The first kappa shape index (κ1) is 21.9. The highest BCUT2D eigenvalue weighted by Crippen LogP contribution is 2.30. The Hall–Kier alpha value is -3.91. The van der Waals surface area contributed by atoms with Crippen LogP contribution < -0.4 is 0 Å². The summed E-state index contributed by atoms with van der Waals surface area (Å²) in [6, 6.07) is 19.3. The number of halogens is 1. The summed E-state index contributed by atoms with van der Waals surface area (Å²) in [6.07, 6.45) is 6.91. The third-order valence-corrected chi connectivity index (χ3v) is 5.80. The second-order valence-corrected chi connectivity index (χ2v) is 8.41. The van der Waals surface area contributed by atoms with Crippen molar-refractivity contribution < 1.29 is 19.0 Å². The summed E-state index contributed by atoms with van der Waals surface area (Å²) in [5, 5.41) is 0. The minimum atomic E-state index is -0.578. The molecule has 2 aromatic heterocycles. The van der Waals surface area contributed by atoms with E-state index in [-0.39, 0.29) is 24.7 Å². The van der Waals surface area contributed by atoms with Gasteiger partial charge in [0.15, 0.2) is 5.76 Å². The van der Waals surface area contributed by atoms with E-state index in [4.69, 9.17) is 14.2 Å². The van der Waals surface area contributed by atoms with Gasteiger partial charge in [-0.3, -0.25) is 4.98 Å². The van der Waals surface area contributed by atoms with Crippen molar-refractivity contribution in [2.24, 2.45) is 0 Å². The molecule has 0 atom stereocenters. The molecule has 2 aromatic carbocycles. The van der Waals surface area contributed by atoms with Gasteiger partial charge in [-0.15, -0.1) is 0 Å². The number of allylic oxidation sites excluding steroid dienone is 1. The van der Waals surface area contributed by atoms with Crippen LogP contribution in [0.3, 0.4) is 0 Å². The van der Waals surface area contributed by atoms with Gasteiger partial charge in [0.1, 0.15) is 18.7 Å². The van der Waals surface area contributed by atoms with E-state index in [1.54, 1.807) is 24.8 Å². The lowest BCUT2D eigenvalue weighted by Crippen LogP contribution is -2.04. The Balaban J connectivity index is 1.43. The minimum absolute atomic E-state index is 0.0619. The molecule has 0 radical (unpaired) electrons. The van der Waals surface area contributed by atoms with Gasteiger partial charge in [0.2, 0.25) is 5.76 Å². The lowest BCUT2D eigenvalue weighted by molar-refractivity contribution is -0.136. The number of benzene rings is 2. The Morgan fingerprint density at radius 1 is 0.912 bits per heavy atom. The average Bonchev–Trinajstić information content (AvgIpc) is 3.42. The molecule has 170 valence electrons. The van der Waals surface area contributed by atoms with E-state index in [9.17, 15) is 4.79 Å². The van der Waals surface area contributed by atoms with Crippen molar-refractivity contribution in [2.75, 3.05) is 0 Å². The summed E-state index contributed by atoms with van der Waals surface area (Å²) >= 11 is 3.52. The van der Waals surface area contributed by atoms with Gasteiger partial charge < -0.3 is 18.8 Å². The van der Waals surface area contributed by atoms with E-state index >= 15 is 0 Å². The number of hydrogen-bond acceptors (Lipinski definition) is 6. The molecule has 0 bridgehead atoms. The third kappa shape index (κ3) is 4.72. The molecule has 0 spiro atoms. The number of carbonyl (C=O) groups excluding carboxylic acids is 1. The fourth-order valence-corrected chi connectivity index (χ4v) is 4.11. The molecule has 1 aliphatic rings. The number of cyclic esters (lactones) is 1. The zero-order valence-corrected chi connectivity index (χ0v) is 19.6. The Bertz CT molecular complexity index is 1380. The van der Waals surface area contributed by atoms with Gasteiger partial charge in [-0.2, -0.15) is 0 Å². The van der Waals surface area contributed by atoms with Crippen LogP contribution in [0.5, 0.6) is 0 Å². The molecule has 0 fully saturated rings. The molecule has 0 aliphatic carbocycles. The highest BCUT2D eigenvalue weighted by molar-refractivity contribution is 9.10. The predicted molar refractivity (Wildman–Crippen MR) is 129 cm³/mol. The van der Waals surface area contributed by atoms with Crippen LogP contribution in [-0.4, -0.2) is 20.5 Å². The Kier molecular flexibility index (Phi) is 6.40. The topological polar surface area (TPSA) is 75.5 Å². The van der Waals surface area contributed by atoms with Crippen LogP contribution in [0.15, 0.2) is 107 Å². The fourth-order valence-electron chi connectivity index (χ4n) is 3.56. The van der Waals surface area contributed by atoms with Crippen molar-refractivity contribution in [3.63, 3.8) is 0 Å². The van der Waals surface area contributed by atoms with Crippen molar-refractivity contribution in [2.45, 2.75) is 19.8 Å². The molecule has 0 amide bonds. The number of nitrogens with zero attached hydrogens (tertiary/aromatic N) is 3. The molecule has 0 saturated heterocycles. The molecule has 0 N–H and O–H groups in total. The predicted octanol–water partition coefficient (Wildman–Crippen LogP) is 5.28. The smallest absolute Gasteiger partial charge is 0.383 e. The summed E-state index contributed by atoms with van der Waals surface area (Å²) in [5.41, 5.74) is 3.56. The second-order valence-electron chi connectivity index (χ2n) is 7.55. The molecule has 5 rings (SSSR count). The van der Waals surface area contributed by atoms with Gasteiger partial charge in [0.05, 0.1) is 22.5 Å². The van der Waals surface area contributed by atoms with E-state index in [0.29, 0.717) is 12.3 Å². The van der Waals surface area contributed by atoms with Gasteiger partial charge in [-0.1, -0.05) is 60.7 Å². The number of rotatable bonds is 8. The highest BCUT2D eigenvalue weighted by Gasteiger charge is 2.34. The van der Waals surface area contributed by atoms with E-state index in [1.807, 2.05) is 65.2 Å². The van der Waals surface area contributed by atoms with E-state index in [0.717, 1.165) is 26.6 Å². The first-order valence-electron chi connectivity index (χ1n) is 10.6. The van der Waals surface area contributed by atoms with Crippen molar-refractivity contribution in [3.05, 3.63) is 118 Å². The number of esters is 1. The van der Waals surface area contributed by atoms with Crippen LogP contribution in [0, 0.1) is 0 Å². The number of hydrogen-bond donors (Lipinski definition) is 0. The Morgan fingerprint density at radius 3 is 2.24 bits per heavy atom. The normalized spacial score (nSPS) is 14.6. The molecule has 1 aliphatic heterocycles. The molecular formula is C26H20BrN3O4. The molecule has 0 unspecified atom stereocenters. The molecule has 7 nitrogen and oxygen atoms in total. The first-order valence-corrected chi connectivity index (χ1v) is 11.4. The van der Waals surface area contributed by atoms with Crippen LogP contribution in [0.1, 0.15) is 11.1 Å². The molecule has 0 saturated carbocycles. The number of carbonyl (C=O) groups is 1. The van der Waals surface area contributed by atoms with Crippen molar-refractivity contribution in [1.29, 1.82) is 0 Å². The summed E-state index contributed by atoms with van der Waals surface area (Å²) in [6.45, 7) is 0.905. The number of pyridine rings is 1. The van der Waals surface area contributed by atoms with Crippen LogP contribution in [0.25, 0.3) is 11.0 Å². The Morgan fingerprint density at radius 2 is 1.56 bits per heavy atom. The highest BCUT2D eigenvalue weighted by atomic mass is 79.9. The van der Waals surface area contributed by atoms with Crippen molar-refractivity contribution in [1.82, 2.24) is 14.5 Å². The van der Waals surface area contributed by atoms with Gasteiger partial charge >= 0.3 is 5.97 Å². The molecule has 34 heavy (non-hydrogen) atoms.